The van der Waals surface area contributed by atoms with E-state index in [-0.39, 0.29) is 12.5 Å². The number of aryl methyl sites for hydroxylation is 2. The molecule has 0 aliphatic carbocycles. The number of nitrogens with zero attached hydrogens (tertiary/aromatic N) is 1. The molecule has 0 spiro atoms. The van der Waals surface area contributed by atoms with E-state index < -0.39 is 5.97 Å². The summed E-state index contributed by atoms with van der Waals surface area (Å²) in [5.74, 6) is -0.912. The number of thiazole rings is 1. The molecule has 0 unspecified atom stereocenters. The summed E-state index contributed by atoms with van der Waals surface area (Å²) in [5, 5.41) is 3.56. The molecule has 1 aromatic heterocycles. The van der Waals surface area contributed by atoms with Crippen LogP contribution in [0.5, 0.6) is 0 Å². The maximum atomic E-state index is 12.5. The minimum absolute atomic E-state index is 0.345. The lowest BCUT2D eigenvalue weighted by molar-refractivity contribution is -0.119. The first-order valence-corrected chi connectivity index (χ1v) is 9.48. The summed E-state index contributed by atoms with van der Waals surface area (Å²) in [4.78, 5) is 29.5. The quantitative estimate of drug-likeness (QED) is 0.641. The smallest absolute Gasteiger partial charge is 0.351 e. The summed E-state index contributed by atoms with van der Waals surface area (Å²) in [6.07, 6.45) is 0.802. The van der Waals surface area contributed by atoms with Crippen molar-refractivity contribution in [2.75, 3.05) is 11.9 Å². The second-order valence-electron chi connectivity index (χ2n) is 5.91. The van der Waals surface area contributed by atoms with Gasteiger partial charge in [0.25, 0.3) is 5.91 Å². The van der Waals surface area contributed by atoms with Gasteiger partial charge in [0.1, 0.15) is 4.88 Å². The molecule has 0 bridgehead atoms. The Balaban J connectivity index is 1.67. The highest BCUT2D eigenvalue weighted by atomic mass is 32.1. The van der Waals surface area contributed by atoms with Crippen molar-refractivity contribution in [2.45, 2.75) is 20.3 Å². The standard InChI is InChI=1S/C21H20N2O3S/c1-3-15-9-7-8-12-17(15)23-18(24)13-26-21(25)20-19(22-14(2)27-20)16-10-5-4-6-11-16/h4-12H,3,13H2,1-2H3,(H,23,24). The zero-order valence-electron chi connectivity index (χ0n) is 15.2. The summed E-state index contributed by atoms with van der Waals surface area (Å²) in [7, 11) is 0. The fraction of sp³-hybridized carbons (Fsp3) is 0.190. The molecule has 2 aromatic carbocycles. The Bertz CT molecular complexity index is 951. The molecule has 1 heterocycles. The third-order valence-corrected chi connectivity index (χ3v) is 4.92. The van der Waals surface area contributed by atoms with Gasteiger partial charge in [-0.1, -0.05) is 55.5 Å². The molecule has 138 valence electrons. The number of esters is 1. The van der Waals surface area contributed by atoms with E-state index in [2.05, 4.69) is 10.3 Å². The van der Waals surface area contributed by atoms with E-state index in [4.69, 9.17) is 4.74 Å². The Hall–Kier alpha value is -2.99. The molecule has 0 aliphatic rings. The van der Waals surface area contributed by atoms with Gasteiger partial charge in [0.2, 0.25) is 0 Å². The van der Waals surface area contributed by atoms with Gasteiger partial charge in [0.15, 0.2) is 6.61 Å². The third kappa shape index (κ3) is 4.60. The van der Waals surface area contributed by atoms with Crippen LogP contribution in [0.2, 0.25) is 0 Å². The van der Waals surface area contributed by atoms with E-state index in [1.54, 1.807) is 0 Å². The van der Waals surface area contributed by atoms with Crippen LogP contribution in [-0.4, -0.2) is 23.5 Å². The van der Waals surface area contributed by atoms with Gasteiger partial charge < -0.3 is 10.1 Å². The average Bonchev–Trinajstić information content (AvgIpc) is 3.09. The van der Waals surface area contributed by atoms with Crippen LogP contribution in [0.15, 0.2) is 54.6 Å². The molecular weight excluding hydrogens is 360 g/mol. The summed E-state index contributed by atoms with van der Waals surface area (Å²) in [5.41, 5.74) is 3.19. The number of carbonyl (C=O) groups is 2. The molecule has 5 nitrogen and oxygen atoms in total. The zero-order valence-corrected chi connectivity index (χ0v) is 16.0. The topological polar surface area (TPSA) is 68.3 Å². The Morgan fingerprint density at radius 2 is 1.78 bits per heavy atom. The molecular formula is C21H20N2O3S. The largest absolute Gasteiger partial charge is 0.451 e. The van der Waals surface area contributed by atoms with Crippen molar-refractivity contribution in [1.29, 1.82) is 0 Å². The lowest BCUT2D eigenvalue weighted by atomic mass is 10.1. The van der Waals surface area contributed by atoms with E-state index in [1.165, 1.54) is 11.3 Å². The molecule has 0 fully saturated rings. The number of hydrogen-bond donors (Lipinski definition) is 1. The van der Waals surface area contributed by atoms with Gasteiger partial charge in [-0.2, -0.15) is 0 Å². The summed E-state index contributed by atoms with van der Waals surface area (Å²) in [6.45, 7) is 3.51. The normalized spacial score (nSPS) is 10.4. The fourth-order valence-corrected chi connectivity index (χ4v) is 3.53. The second-order valence-corrected chi connectivity index (χ2v) is 7.11. The van der Waals surface area contributed by atoms with Crippen LogP contribution >= 0.6 is 11.3 Å². The fourth-order valence-electron chi connectivity index (χ4n) is 2.69. The van der Waals surface area contributed by atoms with E-state index in [0.29, 0.717) is 10.6 Å². The number of nitrogens with one attached hydrogen (secondary N) is 1. The predicted octanol–water partition coefficient (Wildman–Crippen LogP) is 4.48. The molecule has 1 amide bonds. The van der Waals surface area contributed by atoms with Crippen molar-refractivity contribution in [3.63, 3.8) is 0 Å². The summed E-state index contributed by atoms with van der Waals surface area (Å²) >= 11 is 1.26. The van der Waals surface area contributed by atoms with Crippen molar-refractivity contribution in [2.24, 2.45) is 0 Å². The SMILES string of the molecule is CCc1ccccc1NC(=O)COC(=O)c1sc(C)nc1-c1ccccc1. The maximum absolute atomic E-state index is 12.5. The van der Waals surface area contributed by atoms with Gasteiger partial charge in [-0.15, -0.1) is 11.3 Å². The maximum Gasteiger partial charge on any atom is 0.351 e. The first kappa shape index (κ1) is 18.8. The first-order valence-electron chi connectivity index (χ1n) is 8.66. The molecule has 3 rings (SSSR count). The lowest BCUT2D eigenvalue weighted by Gasteiger charge is -2.10. The molecule has 27 heavy (non-hydrogen) atoms. The average molecular weight is 380 g/mol. The highest BCUT2D eigenvalue weighted by Gasteiger charge is 2.20. The third-order valence-electron chi connectivity index (χ3n) is 3.97. The van der Waals surface area contributed by atoms with Crippen LogP contribution < -0.4 is 5.32 Å². The second kappa shape index (κ2) is 8.60. The van der Waals surface area contributed by atoms with Gasteiger partial charge >= 0.3 is 5.97 Å². The number of amides is 1. The number of para-hydroxylation sites is 1. The number of ether oxygens (including phenoxy) is 1. The van der Waals surface area contributed by atoms with Crippen LogP contribution in [0.4, 0.5) is 5.69 Å². The monoisotopic (exact) mass is 380 g/mol. The first-order chi connectivity index (χ1) is 13.1. The molecule has 3 aromatic rings. The van der Waals surface area contributed by atoms with E-state index in [9.17, 15) is 9.59 Å². The number of rotatable bonds is 6. The molecule has 6 heteroatoms. The van der Waals surface area contributed by atoms with Crippen LogP contribution in [0.25, 0.3) is 11.3 Å². The van der Waals surface area contributed by atoms with Gasteiger partial charge in [-0.05, 0) is 25.0 Å². The van der Waals surface area contributed by atoms with Crippen molar-refractivity contribution >= 4 is 28.9 Å². The van der Waals surface area contributed by atoms with Crippen molar-refractivity contribution in [3.05, 3.63) is 70.0 Å². The van der Waals surface area contributed by atoms with Crippen LogP contribution in [0.1, 0.15) is 27.2 Å². The van der Waals surface area contributed by atoms with Crippen molar-refractivity contribution in [3.8, 4) is 11.3 Å². The van der Waals surface area contributed by atoms with Gasteiger partial charge in [-0.25, -0.2) is 9.78 Å². The summed E-state index contributed by atoms with van der Waals surface area (Å²) in [6, 6.07) is 17.0. The highest BCUT2D eigenvalue weighted by Crippen LogP contribution is 2.28. The molecule has 0 saturated heterocycles. The van der Waals surface area contributed by atoms with Gasteiger partial charge in [0.05, 0.1) is 10.7 Å². The van der Waals surface area contributed by atoms with Gasteiger partial charge in [-0.3, -0.25) is 4.79 Å². The molecule has 1 N–H and O–H groups in total. The minimum atomic E-state index is -0.543. The van der Waals surface area contributed by atoms with Crippen LogP contribution in [0, 0.1) is 6.92 Å². The molecule has 0 saturated carbocycles. The van der Waals surface area contributed by atoms with Crippen molar-refractivity contribution in [1.82, 2.24) is 4.98 Å². The van der Waals surface area contributed by atoms with Gasteiger partial charge in [0, 0.05) is 11.3 Å². The highest BCUT2D eigenvalue weighted by molar-refractivity contribution is 7.14. The zero-order chi connectivity index (χ0) is 19.2. The number of carbonyl (C=O) groups excluding carboxylic acids is 2. The number of benzene rings is 2. The minimum Gasteiger partial charge on any atom is -0.451 e. The van der Waals surface area contributed by atoms with E-state index in [0.717, 1.165) is 28.2 Å². The summed E-state index contributed by atoms with van der Waals surface area (Å²) < 4.78 is 5.23. The van der Waals surface area contributed by atoms with Crippen LogP contribution in [-0.2, 0) is 16.0 Å². The van der Waals surface area contributed by atoms with Crippen LogP contribution in [0.3, 0.4) is 0 Å². The molecule has 0 atom stereocenters. The Kier molecular flexibility index (Phi) is 5.98. The number of aromatic nitrogens is 1. The number of hydrogen-bond acceptors (Lipinski definition) is 5. The predicted molar refractivity (Wildman–Crippen MR) is 107 cm³/mol. The Morgan fingerprint density at radius 3 is 2.52 bits per heavy atom. The number of anilines is 1. The van der Waals surface area contributed by atoms with E-state index >= 15 is 0 Å². The lowest BCUT2D eigenvalue weighted by Crippen LogP contribution is -2.21. The molecule has 0 aliphatic heterocycles. The molecule has 0 radical (unpaired) electrons. The Labute approximate surface area is 162 Å². The van der Waals surface area contributed by atoms with Crippen molar-refractivity contribution < 1.29 is 14.3 Å². The van der Waals surface area contributed by atoms with E-state index in [1.807, 2.05) is 68.4 Å². The Morgan fingerprint density at radius 1 is 1.07 bits per heavy atom.